The van der Waals surface area contributed by atoms with Gasteiger partial charge in [-0.2, -0.15) is 4.31 Å². The fraction of sp³-hybridized carbons (Fsp3) is 0.261. The molecule has 31 heavy (non-hydrogen) atoms. The Balaban J connectivity index is 1.44. The number of morpholine rings is 1. The summed E-state index contributed by atoms with van der Waals surface area (Å²) in [5.74, 6) is 0.228. The predicted molar refractivity (Wildman–Crippen MR) is 119 cm³/mol. The van der Waals surface area contributed by atoms with Crippen LogP contribution in [0.5, 0.6) is 5.75 Å². The highest BCUT2D eigenvalue weighted by molar-refractivity contribution is 7.89. The molecule has 8 heteroatoms. The monoisotopic (exact) mass is 440 g/mol. The first-order chi connectivity index (χ1) is 14.9. The van der Waals surface area contributed by atoms with Crippen LogP contribution >= 0.6 is 0 Å². The maximum atomic E-state index is 12.9. The van der Waals surface area contributed by atoms with Crippen LogP contribution in [0.1, 0.15) is 5.56 Å². The molecule has 0 saturated carbocycles. The summed E-state index contributed by atoms with van der Waals surface area (Å²) < 4.78 is 38.0. The first-order valence-corrected chi connectivity index (χ1v) is 11.5. The molecule has 0 aliphatic carbocycles. The zero-order chi connectivity index (χ0) is 21.8. The topological polar surface area (TPSA) is 84.9 Å². The molecule has 7 nitrogen and oxygen atoms in total. The van der Waals surface area contributed by atoms with Crippen LogP contribution in [-0.2, 0) is 19.6 Å². The Morgan fingerprint density at radius 3 is 2.55 bits per heavy atom. The molecule has 162 valence electrons. The number of aryl methyl sites for hydroxylation is 1. The van der Waals surface area contributed by atoms with Gasteiger partial charge in [-0.25, -0.2) is 8.42 Å². The van der Waals surface area contributed by atoms with Gasteiger partial charge in [-0.3, -0.25) is 4.79 Å². The number of amides is 1. The second kappa shape index (κ2) is 9.05. The van der Waals surface area contributed by atoms with Crippen LogP contribution < -0.4 is 10.1 Å². The van der Waals surface area contributed by atoms with E-state index in [2.05, 4.69) is 5.32 Å². The summed E-state index contributed by atoms with van der Waals surface area (Å²) in [5, 5.41) is 4.88. The largest absolute Gasteiger partial charge is 0.484 e. The Kier molecular flexibility index (Phi) is 6.22. The van der Waals surface area contributed by atoms with Crippen molar-refractivity contribution in [3.05, 3.63) is 66.2 Å². The molecule has 3 aromatic rings. The normalized spacial score (nSPS) is 15.0. The molecular weight excluding hydrogens is 416 g/mol. The highest BCUT2D eigenvalue weighted by atomic mass is 32.2. The van der Waals surface area contributed by atoms with Gasteiger partial charge in [-0.05, 0) is 47.5 Å². The SMILES string of the molecule is Cc1ccc(S(=O)(=O)N2CCOCC2)cc1NC(=O)COc1ccc2ccccc2c1. The predicted octanol–water partition coefficient (Wildman–Crippen LogP) is 3.19. The molecule has 1 saturated heterocycles. The second-order valence-corrected chi connectivity index (χ2v) is 9.28. The van der Waals surface area contributed by atoms with Gasteiger partial charge in [-0.15, -0.1) is 0 Å². The van der Waals surface area contributed by atoms with Gasteiger partial charge in [0.15, 0.2) is 6.61 Å². The van der Waals surface area contributed by atoms with Crippen LogP contribution in [0.25, 0.3) is 10.8 Å². The Labute approximate surface area is 181 Å². The first-order valence-electron chi connectivity index (χ1n) is 10.0. The number of fused-ring (bicyclic) bond motifs is 1. The molecule has 0 aromatic heterocycles. The molecule has 0 radical (unpaired) electrons. The minimum atomic E-state index is -3.64. The lowest BCUT2D eigenvalue weighted by molar-refractivity contribution is -0.118. The quantitative estimate of drug-likeness (QED) is 0.636. The number of hydrogen-bond donors (Lipinski definition) is 1. The Hall–Kier alpha value is -2.94. The highest BCUT2D eigenvalue weighted by Crippen LogP contribution is 2.24. The molecule has 4 rings (SSSR count). The smallest absolute Gasteiger partial charge is 0.262 e. The van der Waals surface area contributed by atoms with E-state index in [-0.39, 0.29) is 17.4 Å². The van der Waals surface area contributed by atoms with Crippen molar-refractivity contribution in [2.24, 2.45) is 0 Å². The number of anilines is 1. The Morgan fingerprint density at radius 2 is 1.77 bits per heavy atom. The fourth-order valence-electron chi connectivity index (χ4n) is 3.42. The third kappa shape index (κ3) is 4.87. The fourth-order valence-corrected chi connectivity index (χ4v) is 4.86. The van der Waals surface area contributed by atoms with Gasteiger partial charge in [0.05, 0.1) is 18.1 Å². The summed E-state index contributed by atoms with van der Waals surface area (Å²) in [4.78, 5) is 12.6. The van der Waals surface area contributed by atoms with E-state index in [4.69, 9.17) is 9.47 Å². The summed E-state index contributed by atoms with van der Waals surface area (Å²) in [5.41, 5.74) is 1.21. The summed E-state index contributed by atoms with van der Waals surface area (Å²) in [7, 11) is -3.64. The Morgan fingerprint density at radius 1 is 1.03 bits per heavy atom. The van der Waals surface area contributed by atoms with Gasteiger partial charge < -0.3 is 14.8 Å². The third-order valence-corrected chi connectivity index (χ3v) is 7.08. The molecule has 0 bridgehead atoms. The number of nitrogens with one attached hydrogen (secondary N) is 1. The van der Waals surface area contributed by atoms with Crippen molar-refractivity contribution in [2.45, 2.75) is 11.8 Å². The van der Waals surface area contributed by atoms with Crippen molar-refractivity contribution in [1.29, 1.82) is 0 Å². The lowest BCUT2D eigenvalue weighted by Gasteiger charge is -2.26. The lowest BCUT2D eigenvalue weighted by Crippen LogP contribution is -2.40. The van der Waals surface area contributed by atoms with Crippen molar-refractivity contribution in [3.8, 4) is 5.75 Å². The van der Waals surface area contributed by atoms with Crippen LogP contribution in [0.3, 0.4) is 0 Å². The maximum absolute atomic E-state index is 12.9. The number of rotatable bonds is 6. The van der Waals surface area contributed by atoms with Gasteiger partial charge in [0.25, 0.3) is 5.91 Å². The standard InChI is InChI=1S/C23H24N2O5S/c1-17-6-9-21(31(27,28)25-10-12-29-13-11-25)15-22(17)24-23(26)16-30-20-8-7-18-4-2-3-5-19(18)14-20/h2-9,14-15H,10-13,16H2,1H3,(H,24,26). The van der Waals surface area contributed by atoms with Crippen molar-refractivity contribution < 1.29 is 22.7 Å². The van der Waals surface area contributed by atoms with E-state index >= 15 is 0 Å². The molecule has 0 spiro atoms. The summed E-state index contributed by atoms with van der Waals surface area (Å²) in [6, 6.07) is 18.3. The van der Waals surface area contributed by atoms with Crippen LogP contribution in [0.15, 0.2) is 65.6 Å². The van der Waals surface area contributed by atoms with E-state index in [9.17, 15) is 13.2 Å². The first kappa shape index (κ1) is 21.3. The minimum Gasteiger partial charge on any atom is -0.484 e. The molecule has 1 aliphatic heterocycles. The van der Waals surface area contributed by atoms with Gasteiger partial charge in [0.2, 0.25) is 10.0 Å². The zero-order valence-electron chi connectivity index (χ0n) is 17.2. The van der Waals surface area contributed by atoms with Crippen molar-refractivity contribution in [2.75, 3.05) is 38.2 Å². The van der Waals surface area contributed by atoms with Crippen LogP contribution in [-0.4, -0.2) is 51.5 Å². The second-order valence-electron chi connectivity index (χ2n) is 7.34. The summed E-state index contributed by atoms with van der Waals surface area (Å²) in [6.07, 6.45) is 0. The summed E-state index contributed by atoms with van der Waals surface area (Å²) >= 11 is 0. The van der Waals surface area contributed by atoms with Crippen LogP contribution in [0.2, 0.25) is 0 Å². The van der Waals surface area contributed by atoms with Gasteiger partial charge >= 0.3 is 0 Å². The molecule has 3 aromatic carbocycles. The average molecular weight is 441 g/mol. The molecule has 0 atom stereocenters. The van der Waals surface area contributed by atoms with Crippen molar-refractivity contribution >= 4 is 32.4 Å². The highest BCUT2D eigenvalue weighted by Gasteiger charge is 2.26. The van der Waals surface area contributed by atoms with Gasteiger partial charge in [-0.1, -0.05) is 36.4 Å². The number of ether oxygens (including phenoxy) is 2. The molecule has 1 aliphatic rings. The maximum Gasteiger partial charge on any atom is 0.262 e. The van der Waals surface area contributed by atoms with E-state index in [1.54, 1.807) is 12.1 Å². The van der Waals surface area contributed by atoms with Crippen molar-refractivity contribution in [1.82, 2.24) is 4.31 Å². The van der Waals surface area contributed by atoms with E-state index in [1.807, 2.05) is 49.4 Å². The number of carbonyl (C=O) groups is 1. The molecule has 0 unspecified atom stereocenters. The molecule has 1 amide bonds. The van der Waals surface area contributed by atoms with Gasteiger partial charge in [0, 0.05) is 18.8 Å². The third-order valence-electron chi connectivity index (χ3n) is 5.18. The number of benzene rings is 3. The van der Waals surface area contributed by atoms with Crippen LogP contribution in [0.4, 0.5) is 5.69 Å². The van der Waals surface area contributed by atoms with E-state index in [1.165, 1.54) is 10.4 Å². The lowest BCUT2D eigenvalue weighted by atomic mass is 10.1. The van der Waals surface area contributed by atoms with E-state index in [0.717, 1.165) is 16.3 Å². The van der Waals surface area contributed by atoms with Crippen molar-refractivity contribution in [3.63, 3.8) is 0 Å². The molecule has 1 fully saturated rings. The average Bonchev–Trinajstić information content (AvgIpc) is 2.79. The summed E-state index contributed by atoms with van der Waals surface area (Å²) in [6.45, 7) is 3.01. The van der Waals surface area contributed by atoms with E-state index in [0.29, 0.717) is 37.7 Å². The minimum absolute atomic E-state index is 0.144. The van der Waals surface area contributed by atoms with Gasteiger partial charge in [0.1, 0.15) is 5.75 Å². The molecular formula is C23H24N2O5S. The Bertz CT molecular complexity index is 1200. The van der Waals surface area contributed by atoms with E-state index < -0.39 is 10.0 Å². The number of hydrogen-bond acceptors (Lipinski definition) is 5. The number of nitrogens with zero attached hydrogens (tertiary/aromatic N) is 1. The number of sulfonamides is 1. The van der Waals surface area contributed by atoms with Crippen LogP contribution in [0, 0.1) is 6.92 Å². The zero-order valence-corrected chi connectivity index (χ0v) is 18.0. The molecule has 1 N–H and O–H groups in total. The molecule has 1 heterocycles. The number of carbonyl (C=O) groups excluding carboxylic acids is 1.